The van der Waals surface area contributed by atoms with Crippen LogP contribution in [-0.2, 0) is 0 Å². The van der Waals surface area contributed by atoms with Crippen LogP contribution < -0.4 is 4.74 Å². The normalized spacial score (nSPS) is 10.3. The first-order valence-corrected chi connectivity index (χ1v) is 7.06. The van der Waals surface area contributed by atoms with Crippen molar-refractivity contribution < 1.29 is 9.53 Å². The van der Waals surface area contributed by atoms with Crippen molar-refractivity contribution >= 4 is 28.4 Å². The largest absolute Gasteiger partial charge is 0.496 e. The molecule has 98 valence electrons. The van der Waals surface area contributed by atoms with E-state index in [0.717, 1.165) is 9.13 Å². The van der Waals surface area contributed by atoms with E-state index in [-0.39, 0.29) is 5.78 Å². The van der Waals surface area contributed by atoms with Gasteiger partial charge in [0, 0.05) is 9.13 Å². The summed E-state index contributed by atoms with van der Waals surface area (Å²) in [6, 6.07) is 11.4. The predicted molar refractivity (Wildman–Crippen MR) is 85.1 cm³/mol. The van der Waals surface area contributed by atoms with Crippen molar-refractivity contribution in [3.8, 4) is 5.75 Å². The minimum Gasteiger partial charge on any atom is -0.496 e. The molecule has 0 N–H and O–H groups in total. The number of ether oxygens (including phenoxy) is 1. The van der Waals surface area contributed by atoms with Crippen molar-refractivity contribution in [1.29, 1.82) is 0 Å². The first kappa shape index (κ1) is 14.1. The Morgan fingerprint density at radius 1 is 1.05 bits per heavy atom. The van der Waals surface area contributed by atoms with Gasteiger partial charge in [-0.2, -0.15) is 0 Å². The van der Waals surface area contributed by atoms with Gasteiger partial charge in [0.25, 0.3) is 0 Å². The molecule has 0 amide bonds. The molecule has 0 aromatic heterocycles. The van der Waals surface area contributed by atoms with E-state index in [2.05, 4.69) is 22.6 Å². The van der Waals surface area contributed by atoms with Crippen LogP contribution in [0.5, 0.6) is 5.75 Å². The van der Waals surface area contributed by atoms with Crippen molar-refractivity contribution in [2.75, 3.05) is 7.11 Å². The molecule has 0 fully saturated rings. The van der Waals surface area contributed by atoms with E-state index in [4.69, 9.17) is 4.74 Å². The summed E-state index contributed by atoms with van der Waals surface area (Å²) in [6.07, 6.45) is 0. The fraction of sp³-hybridized carbons (Fsp3) is 0.188. The van der Waals surface area contributed by atoms with Crippen LogP contribution in [0.3, 0.4) is 0 Å². The Bertz CT molecular complexity index is 633. The molecule has 2 aromatic carbocycles. The lowest BCUT2D eigenvalue weighted by Crippen LogP contribution is -2.05. The summed E-state index contributed by atoms with van der Waals surface area (Å²) in [5, 5.41) is 0. The minimum atomic E-state index is -0.00142. The van der Waals surface area contributed by atoms with Crippen LogP contribution in [0.2, 0.25) is 0 Å². The van der Waals surface area contributed by atoms with Gasteiger partial charge in [-0.15, -0.1) is 0 Å². The van der Waals surface area contributed by atoms with Crippen LogP contribution in [0, 0.1) is 17.4 Å². The van der Waals surface area contributed by atoms with Crippen molar-refractivity contribution in [2.24, 2.45) is 0 Å². The molecule has 0 bridgehead atoms. The summed E-state index contributed by atoms with van der Waals surface area (Å²) in [4.78, 5) is 12.6. The maximum absolute atomic E-state index is 12.6. The number of carbonyl (C=O) groups is 1. The Kier molecular flexibility index (Phi) is 4.24. The van der Waals surface area contributed by atoms with E-state index in [1.807, 2.05) is 50.2 Å². The van der Waals surface area contributed by atoms with E-state index < -0.39 is 0 Å². The lowest BCUT2D eigenvalue weighted by atomic mass is 9.99. The fourth-order valence-corrected chi connectivity index (χ4v) is 2.39. The number of ketones is 1. The lowest BCUT2D eigenvalue weighted by Gasteiger charge is -2.09. The van der Waals surface area contributed by atoms with Crippen LogP contribution in [0.15, 0.2) is 36.4 Å². The standard InChI is InChI=1S/C16H15IO2/c1-10-4-5-12(8-11(10)2)16(18)14-9-13(17)6-7-15(14)19-3/h4-9H,1-3H3. The topological polar surface area (TPSA) is 26.3 Å². The van der Waals surface area contributed by atoms with Crippen molar-refractivity contribution in [2.45, 2.75) is 13.8 Å². The number of halogens is 1. The van der Waals surface area contributed by atoms with Gasteiger partial charge < -0.3 is 4.74 Å². The molecule has 0 aliphatic rings. The van der Waals surface area contributed by atoms with E-state index in [9.17, 15) is 4.79 Å². The van der Waals surface area contributed by atoms with Gasteiger partial charge in [0.1, 0.15) is 5.75 Å². The summed E-state index contributed by atoms with van der Waals surface area (Å²) >= 11 is 2.20. The quantitative estimate of drug-likeness (QED) is 0.603. The SMILES string of the molecule is COc1ccc(I)cc1C(=O)c1ccc(C)c(C)c1. The third-order valence-electron chi connectivity index (χ3n) is 3.18. The monoisotopic (exact) mass is 366 g/mol. The number of hydrogen-bond donors (Lipinski definition) is 0. The number of methoxy groups -OCH3 is 1. The number of benzene rings is 2. The number of hydrogen-bond acceptors (Lipinski definition) is 2. The zero-order valence-electron chi connectivity index (χ0n) is 11.2. The van der Waals surface area contributed by atoms with Crippen LogP contribution in [0.4, 0.5) is 0 Å². The second-order valence-corrected chi connectivity index (χ2v) is 5.72. The zero-order chi connectivity index (χ0) is 14.0. The van der Waals surface area contributed by atoms with E-state index in [1.54, 1.807) is 7.11 Å². The second-order valence-electron chi connectivity index (χ2n) is 4.47. The highest BCUT2D eigenvalue weighted by atomic mass is 127. The highest BCUT2D eigenvalue weighted by Crippen LogP contribution is 2.24. The fourth-order valence-electron chi connectivity index (χ4n) is 1.90. The molecule has 0 heterocycles. The molecule has 0 unspecified atom stereocenters. The van der Waals surface area contributed by atoms with E-state index in [0.29, 0.717) is 16.9 Å². The molecule has 0 spiro atoms. The van der Waals surface area contributed by atoms with Crippen LogP contribution in [0.25, 0.3) is 0 Å². The molecule has 2 nitrogen and oxygen atoms in total. The molecule has 0 aliphatic heterocycles. The van der Waals surface area contributed by atoms with Gasteiger partial charge in [-0.3, -0.25) is 4.79 Å². The molecule has 0 radical (unpaired) electrons. The number of aryl methyl sites for hydroxylation is 2. The maximum Gasteiger partial charge on any atom is 0.196 e. The summed E-state index contributed by atoms with van der Waals surface area (Å²) in [5.74, 6) is 0.613. The Morgan fingerprint density at radius 2 is 1.79 bits per heavy atom. The van der Waals surface area contributed by atoms with Crippen molar-refractivity contribution in [3.05, 3.63) is 62.2 Å². The maximum atomic E-state index is 12.6. The predicted octanol–water partition coefficient (Wildman–Crippen LogP) is 4.15. The number of carbonyl (C=O) groups excluding carboxylic acids is 1. The summed E-state index contributed by atoms with van der Waals surface area (Å²) < 4.78 is 6.29. The summed E-state index contributed by atoms with van der Waals surface area (Å²) in [5.41, 5.74) is 3.61. The highest BCUT2D eigenvalue weighted by molar-refractivity contribution is 14.1. The molecule has 2 aromatic rings. The molecular weight excluding hydrogens is 351 g/mol. The Morgan fingerprint density at radius 3 is 2.42 bits per heavy atom. The smallest absolute Gasteiger partial charge is 0.196 e. The van der Waals surface area contributed by atoms with Gasteiger partial charge in [0.2, 0.25) is 0 Å². The first-order valence-electron chi connectivity index (χ1n) is 5.98. The lowest BCUT2D eigenvalue weighted by molar-refractivity contribution is 0.103. The van der Waals surface area contributed by atoms with Crippen molar-refractivity contribution in [1.82, 2.24) is 0 Å². The molecule has 0 saturated carbocycles. The van der Waals surface area contributed by atoms with Crippen molar-refractivity contribution in [3.63, 3.8) is 0 Å². The van der Waals surface area contributed by atoms with Gasteiger partial charge >= 0.3 is 0 Å². The molecule has 0 aliphatic carbocycles. The molecule has 2 rings (SSSR count). The van der Waals surface area contributed by atoms with Gasteiger partial charge in [-0.25, -0.2) is 0 Å². The summed E-state index contributed by atoms with van der Waals surface area (Å²) in [7, 11) is 1.58. The van der Waals surface area contributed by atoms with E-state index >= 15 is 0 Å². The van der Waals surface area contributed by atoms with Crippen LogP contribution in [-0.4, -0.2) is 12.9 Å². The Hall–Kier alpha value is -1.36. The third-order valence-corrected chi connectivity index (χ3v) is 3.85. The average Bonchev–Trinajstić information content (AvgIpc) is 2.41. The van der Waals surface area contributed by atoms with Gasteiger partial charge in [-0.1, -0.05) is 12.1 Å². The minimum absolute atomic E-state index is 0.00142. The van der Waals surface area contributed by atoms with Gasteiger partial charge in [-0.05, 0) is 71.8 Å². The van der Waals surface area contributed by atoms with Crippen LogP contribution in [0.1, 0.15) is 27.0 Å². The molecule has 19 heavy (non-hydrogen) atoms. The molecule has 0 saturated heterocycles. The van der Waals surface area contributed by atoms with E-state index in [1.165, 1.54) is 5.56 Å². The van der Waals surface area contributed by atoms with Crippen LogP contribution >= 0.6 is 22.6 Å². The molecule has 3 heteroatoms. The first-order chi connectivity index (χ1) is 9.02. The van der Waals surface area contributed by atoms with Gasteiger partial charge in [0.05, 0.1) is 12.7 Å². The third kappa shape index (κ3) is 2.97. The number of rotatable bonds is 3. The second kappa shape index (κ2) is 5.74. The summed E-state index contributed by atoms with van der Waals surface area (Å²) in [6.45, 7) is 4.05. The average molecular weight is 366 g/mol. The zero-order valence-corrected chi connectivity index (χ0v) is 13.3. The Labute approximate surface area is 126 Å². The Balaban J connectivity index is 2.49. The van der Waals surface area contributed by atoms with Gasteiger partial charge in [0.15, 0.2) is 5.78 Å². The highest BCUT2D eigenvalue weighted by Gasteiger charge is 2.15. The molecular formula is C16H15IO2. The molecule has 0 atom stereocenters.